The maximum absolute atomic E-state index is 13.1. The Balaban J connectivity index is 1.61. The van der Waals surface area contributed by atoms with Gasteiger partial charge in [0.25, 0.3) is 11.5 Å². The number of amides is 3. The highest BCUT2D eigenvalue weighted by molar-refractivity contribution is 5.92. The number of hydrogen-bond donors (Lipinski definition) is 3. The molecule has 0 aliphatic heterocycles. The molecule has 184 valence electrons. The number of pyridine rings is 2. The van der Waals surface area contributed by atoms with Crippen molar-refractivity contribution in [1.29, 1.82) is 0 Å². The lowest BCUT2D eigenvalue weighted by Crippen LogP contribution is -2.33. The third-order valence-electron chi connectivity index (χ3n) is 4.81. The Bertz CT molecular complexity index is 1270. The average molecular weight is 489 g/mol. The third kappa shape index (κ3) is 6.59. The van der Waals surface area contributed by atoms with Gasteiger partial charge in [0.15, 0.2) is 0 Å². The summed E-state index contributed by atoms with van der Waals surface area (Å²) in [6, 6.07) is 9.47. The van der Waals surface area contributed by atoms with Crippen LogP contribution in [0.1, 0.15) is 28.5 Å². The van der Waals surface area contributed by atoms with Gasteiger partial charge in [-0.2, -0.15) is 13.2 Å². The van der Waals surface area contributed by atoms with Crippen LogP contribution in [0.4, 0.5) is 23.7 Å². The number of nitrogens with zero attached hydrogens (tertiary/aromatic N) is 2. The Hall–Kier alpha value is -4.35. The highest BCUT2D eigenvalue weighted by atomic mass is 19.4. The second kappa shape index (κ2) is 10.7. The van der Waals surface area contributed by atoms with Crippen LogP contribution in [0, 0.1) is 0 Å². The molecule has 0 aliphatic carbocycles. The van der Waals surface area contributed by atoms with Crippen molar-refractivity contribution in [3.05, 3.63) is 82.0 Å². The summed E-state index contributed by atoms with van der Waals surface area (Å²) in [5.41, 5.74) is -1.39. The molecule has 9 nitrogen and oxygen atoms in total. The third-order valence-corrected chi connectivity index (χ3v) is 4.81. The molecule has 0 bridgehead atoms. The summed E-state index contributed by atoms with van der Waals surface area (Å²) < 4.78 is 45.8. The molecule has 0 fully saturated rings. The van der Waals surface area contributed by atoms with Crippen LogP contribution in [-0.4, -0.2) is 28.5 Å². The first-order chi connectivity index (χ1) is 16.6. The topological polar surface area (TPSA) is 114 Å². The van der Waals surface area contributed by atoms with Crippen molar-refractivity contribution in [3.63, 3.8) is 0 Å². The van der Waals surface area contributed by atoms with Crippen LogP contribution in [0.2, 0.25) is 0 Å². The van der Waals surface area contributed by atoms with Crippen LogP contribution in [0.25, 0.3) is 0 Å². The lowest BCUT2D eigenvalue weighted by Gasteiger charge is -2.14. The van der Waals surface area contributed by atoms with Gasteiger partial charge >= 0.3 is 12.2 Å². The number of anilines is 1. The Morgan fingerprint density at radius 3 is 2.43 bits per heavy atom. The molecule has 3 aromatic rings. The van der Waals surface area contributed by atoms with E-state index >= 15 is 0 Å². The molecule has 35 heavy (non-hydrogen) atoms. The van der Waals surface area contributed by atoms with Gasteiger partial charge in [-0.3, -0.25) is 14.6 Å². The lowest BCUT2D eigenvalue weighted by molar-refractivity contribution is -0.138. The summed E-state index contributed by atoms with van der Waals surface area (Å²) in [6.45, 7) is 1.58. The number of carbonyl (C=O) groups is 2. The van der Waals surface area contributed by atoms with Crippen LogP contribution < -0.4 is 26.2 Å². The molecule has 3 rings (SSSR count). The van der Waals surface area contributed by atoms with E-state index in [0.717, 1.165) is 4.57 Å². The smallest absolute Gasteiger partial charge is 0.417 e. The van der Waals surface area contributed by atoms with E-state index in [2.05, 4.69) is 20.9 Å². The minimum Gasteiger partial charge on any atom is -0.457 e. The fraction of sp³-hybridized carbons (Fsp3) is 0.217. The molecule has 0 radical (unpaired) electrons. The molecule has 0 aliphatic rings. The van der Waals surface area contributed by atoms with Gasteiger partial charge in [0, 0.05) is 38.6 Å². The van der Waals surface area contributed by atoms with E-state index in [1.54, 1.807) is 30.3 Å². The molecule has 1 aromatic carbocycles. The Morgan fingerprint density at radius 2 is 1.80 bits per heavy atom. The van der Waals surface area contributed by atoms with Crippen LogP contribution in [0.5, 0.6) is 11.5 Å². The molecule has 12 heteroatoms. The molecule has 2 heterocycles. The van der Waals surface area contributed by atoms with Gasteiger partial charge in [0.2, 0.25) is 0 Å². The van der Waals surface area contributed by atoms with Crippen LogP contribution >= 0.6 is 0 Å². The maximum Gasteiger partial charge on any atom is 0.417 e. The summed E-state index contributed by atoms with van der Waals surface area (Å²) >= 11 is 0. The van der Waals surface area contributed by atoms with Crippen LogP contribution in [0.3, 0.4) is 0 Å². The summed E-state index contributed by atoms with van der Waals surface area (Å²) in [7, 11) is 1.49. The first kappa shape index (κ1) is 25.3. The largest absolute Gasteiger partial charge is 0.457 e. The quantitative estimate of drug-likeness (QED) is 0.468. The molecule has 0 unspecified atom stereocenters. The summed E-state index contributed by atoms with van der Waals surface area (Å²) in [6.07, 6.45) is -2.52. The van der Waals surface area contributed by atoms with E-state index in [4.69, 9.17) is 4.74 Å². The van der Waals surface area contributed by atoms with Crippen molar-refractivity contribution >= 4 is 17.6 Å². The molecule has 0 saturated heterocycles. The summed E-state index contributed by atoms with van der Waals surface area (Å²) in [4.78, 5) is 40.1. The zero-order valence-electron chi connectivity index (χ0n) is 18.8. The summed E-state index contributed by atoms with van der Waals surface area (Å²) in [5.74, 6) is 0.521. The number of ether oxygens (including phenoxy) is 1. The second-order valence-corrected chi connectivity index (χ2v) is 7.24. The molecule has 0 atom stereocenters. The minimum absolute atomic E-state index is 0.0140. The van der Waals surface area contributed by atoms with Gasteiger partial charge in [0.05, 0.1) is 5.56 Å². The molecule has 0 saturated carbocycles. The first-order valence-corrected chi connectivity index (χ1v) is 10.4. The lowest BCUT2D eigenvalue weighted by atomic mass is 10.2. The zero-order chi connectivity index (χ0) is 25.6. The highest BCUT2D eigenvalue weighted by Crippen LogP contribution is 2.29. The van der Waals surface area contributed by atoms with Gasteiger partial charge in [-0.1, -0.05) is 12.1 Å². The molecule has 2 aromatic heterocycles. The van der Waals surface area contributed by atoms with Crippen molar-refractivity contribution in [2.24, 2.45) is 0 Å². The fourth-order valence-corrected chi connectivity index (χ4v) is 3.00. The molecular weight excluding hydrogens is 467 g/mol. The number of benzene rings is 1. The summed E-state index contributed by atoms with van der Waals surface area (Å²) in [5, 5.41) is 7.15. The number of carbonyl (C=O) groups excluding carboxylic acids is 2. The number of halogens is 3. The van der Waals surface area contributed by atoms with Crippen molar-refractivity contribution in [2.45, 2.75) is 26.2 Å². The van der Waals surface area contributed by atoms with Crippen molar-refractivity contribution < 1.29 is 27.5 Å². The first-order valence-electron chi connectivity index (χ1n) is 10.4. The Labute approximate surface area is 197 Å². The molecule has 3 amide bonds. The number of aryl methyl sites for hydroxylation is 1. The van der Waals surface area contributed by atoms with Gasteiger partial charge in [0.1, 0.15) is 22.9 Å². The van der Waals surface area contributed by atoms with E-state index in [0.29, 0.717) is 29.3 Å². The number of hydrogen-bond acceptors (Lipinski definition) is 5. The number of nitrogens with one attached hydrogen (secondary N) is 3. The molecule has 3 N–H and O–H groups in total. The Morgan fingerprint density at radius 1 is 1.09 bits per heavy atom. The standard InChI is InChI=1S/C23H22F3N5O4/c1-3-31-13-15(23(24,25)26)10-19(21(31)33)30-22(34)29-12-14-4-6-16(7-5-14)35-17-8-9-28-18(11-17)20(32)27-2/h4-11,13H,3,12H2,1-2H3,(H,27,32)(H2,29,30,34). The number of aromatic nitrogens is 2. The van der Waals surface area contributed by atoms with E-state index < -0.39 is 29.0 Å². The van der Waals surface area contributed by atoms with Crippen LogP contribution in [0.15, 0.2) is 59.7 Å². The number of urea groups is 1. The number of alkyl halides is 3. The molecular formula is C23H22F3N5O4. The second-order valence-electron chi connectivity index (χ2n) is 7.24. The van der Waals surface area contributed by atoms with Crippen LogP contribution in [-0.2, 0) is 19.3 Å². The predicted octanol–water partition coefficient (Wildman–Crippen LogP) is 3.76. The van der Waals surface area contributed by atoms with E-state index in [-0.39, 0.29) is 24.7 Å². The Kier molecular flexibility index (Phi) is 7.74. The predicted molar refractivity (Wildman–Crippen MR) is 121 cm³/mol. The van der Waals surface area contributed by atoms with E-state index in [9.17, 15) is 27.6 Å². The van der Waals surface area contributed by atoms with E-state index in [1.807, 2.05) is 0 Å². The molecule has 0 spiro atoms. The van der Waals surface area contributed by atoms with Gasteiger partial charge < -0.3 is 25.3 Å². The van der Waals surface area contributed by atoms with Crippen molar-refractivity contribution in [3.8, 4) is 11.5 Å². The normalized spacial score (nSPS) is 11.0. The SMILES string of the molecule is CCn1cc(C(F)(F)F)cc(NC(=O)NCc2ccc(Oc3ccnc(C(=O)NC)c3)cc2)c1=O. The van der Waals surface area contributed by atoms with Crippen molar-refractivity contribution in [1.82, 2.24) is 20.2 Å². The maximum atomic E-state index is 13.1. The van der Waals surface area contributed by atoms with Gasteiger partial charge in [-0.15, -0.1) is 0 Å². The monoisotopic (exact) mass is 489 g/mol. The van der Waals surface area contributed by atoms with Gasteiger partial charge in [-0.05, 0) is 36.8 Å². The number of rotatable bonds is 7. The van der Waals surface area contributed by atoms with E-state index in [1.165, 1.54) is 26.2 Å². The van der Waals surface area contributed by atoms with Crippen molar-refractivity contribution in [2.75, 3.05) is 12.4 Å². The minimum atomic E-state index is -4.67. The highest BCUT2D eigenvalue weighted by Gasteiger charge is 2.32. The fourth-order valence-electron chi connectivity index (χ4n) is 3.00. The average Bonchev–Trinajstić information content (AvgIpc) is 2.83. The zero-order valence-corrected chi connectivity index (χ0v) is 18.8. The van der Waals surface area contributed by atoms with Gasteiger partial charge in [-0.25, -0.2) is 4.79 Å².